The summed E-state index contributed by atoms with van der Waals surface area (Å²) in [7, 11) is 0. The predicted octanol–water partition coefficient (Wildman–Crippen LogP) is 4.60. The van der Waals surface area contributed by atoms with Crippen LogP contribution in [0, 0.1) is 0 Å². The molecule has 5 nitrogen and oxygen atoms in total. The van der Waals surface area contributed by atoms with E-state index in [1.165, 1.54) is 5.56 Å². The second-order valence-electron chi connectivity index (χ2n) is 6.83. The van der Waals surface area contributed by atoms with Crippen LogP contribution in [-0.4, -0.2) is 27.0 Å². The van der Waals surface area contributed by atoms with E-state index in [0.29, 0.717) is 12.1 Å². The largest absolute Gasteiger partial charge is 0.352 e. The van der Waals surface area contributed by atoms with Crippen LogP contribution in [0.25, 0.3) is 11.0 Å². The Morgan fingerprint density at radius 3 is 2.66 bits per heavy atom. The molecule has 2 heterocycles. The van der Waals surface area contributed by atoms with Crippen LogP contribution in [0.15, 0.2) is 77.5 Å². The molecule has 2 aromatic carbocycles. The molecule has 0 radical (unpaired) electrons. The fourth-order valence-corrected chi connectivity index (χ4v) is 3.58. The van der Waals surface area contributed by atoms with Gasteiger partial charge in [-0.25, -0.2) is 4.98 Å². The van der Waals surface area contributed by atoms with Crippen molar-refractivity contribution in [3.05, 3.63) is 94.5 Å². The van der Waals surface area contributed by atoms with Crippen LogP contribution in [0.2, 0.25) is 0 Å². The zero-order chi connectivity index (χ0) is 20.1. The van der Waals surface area contributed by atoms with E-state index in [-0.39, 0.29) is 5.91 Å². The highest BCUT2D eigenvalue weighted by Gasteiger charge is 2.11. The van der Waals surface area contributed by atoms with Gasteiger partial charge in [0, 0.05) is 36.4 Å². The summed E-state index contributed by atoms with van der Waals surface area (Å²) in [4.78, 5) is 21.0. The van der Waals surface area contributed by atoms with E-state index in [9.17, 15) is 4.79 Å². The number of hydrogen-bond donors (Lipinski definition) is 1. The third-order valence-corrected chi connectivity index (χ3v) is 5.30. The molecule has 146 valence electrons. The first-order valence-corrected chi connectivity index (χ1v) is 10.4. The van der Waals surface area contributed by atoms with Crippen molar-refractivity contribution in [1.29, 1.82) is 0 Å². The molecule has 4 rings (SSSR count). The molecule has 0 aliphatic heterocycles. The molecule has 1 amide bonds. The number of para-hydroxylation sites is 2. The van der Waals surface area contributed by atoms with Crippen LogP contribution in [0.5, 0.6) is 0 Å². The Morgan fingerprint density at radius 2 is 1.86 bits per heavy atom. The van der Waals surface area contributed by atoms with Crippen molar-refractivity contribution in [2.75, 3.05) is 6.54 Å². The Bertz CT molecular complexity index is 1110. The van der Waals surface area contributed by atoms with Crippen molar-refractivity contribution in [3.8, 4) is 0 Å². The van der Waals surface area contributed by atoms with Crippen LogP contribution >= 0.6 is 15.9 Å². The third-order valence-electron chi connectivity index (χ3n) is 4.77. The molecular formula is C23H21BrN4O. The zero-order valence-electron chi connectivity index (χ0n) is 15.9. The van der Waals surface area contributed by atoms with E-state index < -0.39 is 0 Å². The smallest absolute Gasteiger partial charge is 0.252 e. The first-order valence-electron chi connectivity index (χ1n) is 9.57. The summed E-state index contributed by atoms with van der Waals surface area (Å²) < 4.78 is 3.34. The lowest BCUT2D eigenvalue weighted by molar-refractivity contribution is 0.0953. The number of pyridine rings is 1. The molecular weight excluding hydrogens is 428 g/mol. The van der Waals surface area contributed by atoms with E-state index in [2.05, 4.69) is 61.1 Å². The number of aryl methyl sites for hydroxylation is 1. The molecule has 0 aliphatic rings. The minimum atomic E-state index is -0.0959. The molecule has 0 fully saturated rings. The third kappa shape index (κ3) is 4.71. The summed E-state index contributed by atoms with van der Waals surface area (Å²) in [6.07, 6.45) is 4.84. The monoisotopic (exact) mass is 448 g/mol. The number of aromatic nitrogens is 3. The number of fused-ring (bicyclic) bond motifs is 1. The van der Waals surface area contributed by atoms with Crippen LogP contribution in [0.3, 0.4) is 0 Å². The van der Waals surface area contributed by atoms with Gasteiger partial charge in [-0.1, -0.05) is 40.2 Å². The second kappa shape index (κ2) is 9.01. The SMILES string of the molecule is O=C(NCCCc1nc2ccccc2n1Cc1ccc(Br)cc1)c1cccnc1. The van der Waals surface area contributed by atoms with Crippen molar-refractivity contribution in [2.24, 2.45) is 0 Å². The first-order chi connectivity index (χ1) is 14.2. The fourth-order valence-electron chi connectivity index (χ4n) is 3.31. The van der Waals surface area contributed by atoms with Gasteiger partial charge in [-0.3, -0.25) is 9.78 Å². The number of benzene rings is 2. The Kier molecular flexibility index (Phi) is 6.00. The van der Waals surface area contributed by atoms with Crippen LogP contribution in [0.1, 0.15) is 28.2 Å². The number of halogens is 1. The van der Waals surface area contributed by atoms with E-state index in [0.717, 1.165) is 40.7 Å². The van der Waals surface area contributed by atoms with E-state index in [1.807, 2.05) is 18.2 Å². The molecule has 0 spiro atoms. The number of imidazole rings is 1. The minimum Gasteiger partial charge on any atom is -0.352 e. The Morgan fingerprint density at radius 1 is 1.03 bits per heavy atom. The topological polar surface area (TPSA) is 59.8 Å². The highest BCUT2D eigenvalue weighted by atomic mass is 79.9. The van der Waals surface area contributed by atoms with Gasteiger partial charge in [0.2, 0.25) is 0 Å². The maximum atomic E-state index is 12.2. The van der Waals surface area contributed by atoms with Crippen molar-refractivity contribution in [3.63, 3.8) is 0 Å². The first kappa shape index (κ1) is 19.3. The van der Waals surface area contributed by atoms with E-state index in [1.54, 1.807) is 24.5 Å². The summed E-state index contributed by atoms with van der Waals surface area (Å²) in [6.45, 7) is 1.36. The standard InChI is InChI=1S/C23H21BrN4O/c24-19-11-9-17(10-12-19)16-28-21-7-2-1-6-20(21)27-22(28)8-4-14-26-23(29)18-5-3-13-25-15-18/h1-3,5-7,9-13,15H,4,8,14,16H2,(H,26,29). The van der Waals surface area contributed by atoms with Gasteiger partial charge in [-0.15, -0.1) is 0 Å². The number of amides is 1. The molecule has 2 aromatic heterocycles. The molecule has 29 heavy (non-hydrogen) atoms. The summed E-state index contributed by atoms with van der Waals surface area (Å²) in [5, 5.41) is 2.96. The molecule has 0 unspecified atom stereocenters. The molecule has 1 N–H and O–H groups in total. The van der Waals surface area contributed by atoms with Gasteiger partial charge < -0.3 is 9.88 Å². The predicted molar refractivity (Wildman–Crippen MR) is 118 cm³/mol. The normalized spacial score (nSPS) is 10.9. The lowest BCUT2D eigenvalue weighted by Crippen LogP contribution is -2.25. The van der Waals surface area contributed by atoms with Gasteiger partial charge in [-0.05, 0) is 48.4 Å². The molecule has 6 heteroatoms. The number of rotatable bonds is 7. The molecule has 4 aromatic rings. The summed E-state index contributed by atoms with van der Waals surface area (Å²) >= 11 is 3.49. The number of carbonyl (C=O) groups excluding carboxylic acids is 1. The van der Waals surface area contributed by atoms with E-state index >= 15 is 0 Å². The lowest BCUT2D eigenvalue weighted by Gasteiger charge is -2.10. The van der Waals surface area contributed by atoms with Crippen molar-refractivity contribution >= 4 is 32.9 Å². The fraction of sp³-hybridized carbons (Fsp3) is 0.174. The zero-order valence-corrected chi connectivity index (χ0v) is 17.5. The Balaban J connectivity index is 1.45. The van der Waals surface area contributed by atoms with Gasteiger partial charge in [0.25, 0.3) is 5.91 Å². The maximum absolute atomic E-state index is 12.2. The molecule has 0 bridgehead atoms. The number of hydrogen-bond acceptors (Lipinski definition) is 3. The highest BCUT2D eigenvalue weighted by molar-refractivity contribution is 9.10. The summed E-state index contributed by atoms with van der Waals surface area (Å²) in [6, 6.07) is 20.1. The minimum absolute atomic E-state index is 0.0959. The quantitative estimate of drug-likeness (QED) is 0.420. The molecule has 0 saturated heterocycles. The number of nitrogens with zero attached hydrogens (tertiary/aromatic N) is 3. The molecule has 0 aliphatic carbocycles. The molecule has 0 atom stereocenters. The van der Waals surface area contributed by atoms with Crippen LogP contribution in [0.4, 0.5) is 0 Å². The second-order valence-corrected chi connectivity index (χ2v) is 7.75. The lowest BCUT2D eigenvalue weighted by atomic mass is 10.2. The van der Waals surface area contributed by atoms with Crippen molar-refractivity contribution in [2.45, 2.75) is 19.4 Å². The van der Waals surface area contributed by atoms with Crippen molar-refractivity contribution < 1.29 is 4.79 Å². The van der Waals surface area contributed by atoms with Gasteiger partial charge >= 0.3 is 0 Å². The van der Waals surface area contributed by atoms with Crippen LogP contribution < -0.4 is 5.32 Å². The summed E-state index contributed by atoms with van der Waals surface area (Å²) in [5.41, 5.74) is 3.93. The maximum Gasteiger partial charge on any atom is 0.252 e. The number of nitrogens with one attached hydrogen (secondary N) is 1. The number of carbonyl (C=O) groups is 1. The average molecular weight is 449 g/mol. The van der Waals surface area contributed by atoms with E-state index in [4.69, 9.17) is 4.98 Å². The average Bonchev–Trinajstić information content (AvgIpc) is 3.10. The van der Waals surface area contributed by atoms with Gasteiger partial charge in [0.15, 0.2) is 0 Å². The van der Waals surface area contributed by atoms with Crippen molar-refractivity contribution in [1.82, 2.24) is 19.9 Å². The van der Waals surface area contributed by atoms with Gasteiger partial charge in [-0.2, -0.15) is 0 Å². The Hall–Kier alpha value is -2.99. The summed E-state index contributed by atoms with van der Waals surface area (Å²) in [5.74, 6) is 0.936. The Labute approximate surface area is 177 Å². The molecule has 0 saturated carbocycles. The van der Waals surface area contributed by atoms with Gasteiger partial charge in [0.1, 0.15) is 5.82 Å². The highest BCUT2D eigenvalue weighted by Crippen LogP contribution is 2.20. The van der Waals surface area contributed by atoms with Gasteiger partial charge in [0.05, 0.1) is 16.6 Å². The van der Waals surface area contributed by atoms with Crippen LogP contribution in [-0.2, 0) is 13.0 Å².